The third-order valence-corrected chi connectivity index (χ3v) is 5.32. The summed E-state index contributed by atoms with van der Waals surface area (Å²) in [5.41, 5.74) is 2.21. The molecule has 1 saturated heterocycles. The Bertz CT molecular complexity index is 813. The van der Waals surface area contributed by atoms with Crippen LogP contribution >= 0.6 is 0 Å². The van der Waals surface area contributed by atoms with Gasteiger partial charge in [-0.1, -0.05) is 48.5 Å². The lowest BCUT2D eigenvalue weighted by molar-refractivity contribution is -0.135. The number of amides is 1. The van der Waals surface area contributed by atoms with Crippen LogP contribution in [0.15, 0.2) is 72.8 Å². The van der Waals surface area contributed by atoms with Crippen LogP contribution in [-0.2, 0) is 20.7 Å². The zero-order valence-corrected chi connectivity index (χ0v) is 16.9. The molecule has 1 aliphatic rings. The van der Waals surface area contributed by atoms with Crippen molar-refractivity contribution >= 4 is 17.6 Å². The number of para-hydroxylation sites is 1. The fourth-order valence-electron chi connectivity index (χ4n) is 3.73. The molecule has 5 nitrogen and oxygen atoms in total. The molecule has 0 bridgehead atoms. The number of rotatable bonds is 7. The first-order chi connectivity index (χ1) is 14.2. The van der Waals surface area contributed by atoms with Gasteiger partial charge >= 0.3 is 5.97 Å². The van der Waals surface area contributed by atoms with Gasteiger partial charge < -0.3 is 14.5 Å². The van der Waals surface area contributed by atoms with E-state index in [4.69, 9.17) is 0 Å². The van der Waals surface area contributed by atoms with Gasteiger partial charge in [-0.05, 0) is 37.0 Å². The molecular formula is C24H28N2O3. The van der Waals surface area contributed by atoms with Crippen molar-refractivity contribution in [2.75, 3.05) is 31.6 Å². The molecule has 0 N–H and O–H groups in total. The third-order valence-electron chi connectivity index (χ3n) is 5.32. The molecule has 3 rings (SSSR count). The van der Waals surface area contributed by atoms with Gasteiger partial charge in [0.05, 0.1) is 7.11 Å². The summed E-state index contributed by atoms with van der Waals surface area (Å²) in [6.07, 6.45) is 5.34. The summed E-state index contributed by atoms with van der Waals surface area (Å²) in [5, 5.41) is 0. The van der Waals surface area contributed by atoms with Gasteiger partial charge in [-0.3, -0.25) is 4.79 Å². The maximum Gasteiger partial charge on any atom is 0.330 e. The minimum atomic E-state index is -0.526. The second kappa shape index (κ2) is 10.6. The van der Waals surface area contributed by atoms with Gasteiger partial charge in [0.1, 0.15) is 0 Å². The van der Waals surface area contributed by atoms with E-state index in [-0.39, 0.29) is 11.9 Å². The topological polar surface area (TPSA) is 49.9 Å². The van der Waals surface area contributed by atoms with E-state index in [2.05, 4.69) is 33.9 Å². The highest BCUT2D eigenvalue weighted by atomic mass is 16.5. The SMILES string of the molecule is COC(=O)/C=C/C(=O)N(c1ccccc1)C1CCN(CCc2ccccc2)CC1. The van der Waals surface area contributed by atoms with Crippen molar-refractivity contribution in [2.24, 2.45) is 0 Å². The molecule has 0 aliphatic carbocycles. The highest BCUT2D eigenvalue weighted by molar-refractivity contribution is 6.04. The van der Waals surface area contributed by atoms with Crippen molar-refractivity contribution in [3.63, 3.8) is 0 Å². The van der Waals surface area contributed by atoms with Gasteiger partial charge in [-0.15, -0.1) is 0 Å². The summed E-state index contributed by atoms with van der Waals surface area (Å²) < 4.78 is 4.61. The molecule has 5 heteroatoms. The van der Waals surface area contributed by atoms with Crippen LogP contribution in [0.25, 0.3) is 0 Å². The number of benzene rings is 2. The van der Waals surface area contributed by atoms with Gasteiger partial charge in [-0.25, -0.2) is 4.79 Å². The van der Waals surface area contributed by atoms with Crippen molar-refractivity contribution in [1.29, 1.82) is 0 Å². The van der Waals surface area contributed by atoms with E-state index in [1.54, 1.807) is 0 Å². The molecular weight excluding hydrogens is 364 g/mol. The Morgan fingerprint density at radius 3 is 2.24 bits per heavy atom. The zero-order chi connectivity index (χ0) is 20.5. The van der Waals surface area contributed by atoms with Crippen molar-refractivity contribution in [3.05, 3.63) is 78.4 Å². The lowest BCUT2D eigenvalue weighted by Gasteiger charge is -2.38. The maximum atomic E-state index is 12.9. The summed E-state index contributed by atoms with van der Waals surface area (Å²) in [4.78, 5) is 28.5. The molecule has 1 heterocycles. The summed E-state index contributed by atoms with van der Waals surface area (Å²) in [5.74, 6) is -0.716. The van der Waals surface area contributed by atoms with Crippen molar-refractivity contribution in [3.8, 4) is 0 Å². The predicted octanol–water partition coefficient (Wildman–Crippen LogP) is 3.46. The fraction of sp³-hybridized carbons (Fsp3) is 0.333. The number of likely N-dealkylation sites (tertiary alicyclic amines) is 1. The average molecular weight is 392 g/mol. The Labute approximate surface area is 172 Å². The van der Waals surface area contributed by atoms with E-state index in [0.717, 1.165) is 44.6 Å². The van der Waals surface area contributed by atoms with Crippen LogP contribution < -0.4 is 4.90 Å². The van der Waals surface area contributed by atoms with Crippen LogP contribution in [0, 0.1) is 0 Å². The first kappa shape index (κ1) is 20.8. The molecule has 0 saturated carbocycles. The number of nitrogens with zero attached hydrogens (tertiary/aromatic N) is 2. The Hall–Kier alpha value is -2.92. The minimum absolute atomic E-state index is 0.111. The van der Waals surface area contributed by atoms with Crippen LogP contribution in [0.5, 0.6) is 0 Å². The number of carbonyl (C=O) groups excluding carboxylic acids is 2. The summed E-state index contributed by atoms with van der Waals surface area (Å²) in [6.45, 7) is 2.93. The van der Waals surface area contributed by atoms with E-state index in [9.17, 15) is 9.59 Å². The Kier molecular flexibility index (Phi) is 7.59. The number of methoxy groups -OCH3 is 1. The standard InChI is InChI=1S/C24H28N2O3/c1-29-24(28)13-12-23(27)26(21-10-6-3-7-11-21)22-15-18-25(19-16-22)17-14-20-8-4-2-5-9-20/h2-13,22H,14-19H2,1H3/b13-12+. The minimum Gasteiger partial charge on any atom is -0.466 e. The average Bonchev–Trinajstić information content (AvgIpc) is 2.78. The lowest BCUT2D eigenvalue weighted by Crippen LogP contribution is -2.47. The predicted molar refractivity (Wildman–Crippen MR) is 115 cm³/mol. The first-order valence-corrected chi connectivity index (χ1v) is 10.1. The first-order valence-electron chi connectivity index (χ1n) is 10.1. The van der Waals surface area contributed by atoms with E-state index >= 15 is 0 Å². The molecule has 0 unspecified atom stereocenters. The van der Waals surface area contributed by atoms with E-state index in [0.29, 0.717) is 0 Å². The second-order valence-corrected chi connectivity index (χ2v) is 7.21. The molecule has 1 aliphatic heterocycles. The van der Waals surface area contributed by atoms with Crippen LogP contribution in [0.4, 0.5) is 5.69 Å². The number of piperidine rings is 1. The summed E-state index contributed by atoms with van der Waals surface area (Å²) >= 11 is 0. The van der Waals surface area contributed by atoms with Gasteiger partial charge in [0.25, 0.3) is 5.91 Å². The molecule has 1 fully saturated rings. The second-order valence-electron chi connectivity index (χ2n) is 7.21. The summed E-state index contributed by atoms with van der Waals surface area (Å²) in [6, 6.07) is 20.3. The van der Waals surface area contributed by atoms with Crippen LogP contribution in [0.2, 0.25) is 0 Å². The van der Waals surface area contributed by atoms with Gasteiger partial charge in [0, 0.05) is 43.5 Å². The molecule has 2 aromatic rings. The van der Waals surface area contributed by atoms with Gasteiger partial charge in [0.2, 0.25) is 0 Å². The number of ether oxygens (including phenoxy) is 1. The normalized spacial score (nSPS) is 15.3. The largest absolute Gasteiger partial charge is 0.466 e. The third kappa shape index (κ3) is 6.03. The Morgan fingerprint density at radius 1 is 1.00 bits per heavy atom. The van der Waals surface area contributed by atoms with Crippen LogP contribution in [0.3, 0.4) is 0 Å². The molecule has 152 valence electrons. The summed E-state index contributed by atoms with van der Waals surface area (Å²) in [7, 11) is 1.30. The van der Waals surface area contributed by atoms with Crippen LogP contribution in [0.1, 0.15) is 18.4 Å². The monoisotopic (exact) mass is 392 g/mol. The van der Waals surface area contributed by atoms with Crippen molar-refractivity contribution in [2.45, 2.75) is 25.3 Å². The number of carbonyl (C=O) groups is 2. The highest BCUT2D eigenvalue weighted by Crippen LogP contribution is 2.24. The van der Waals surface area contributed by atoms with Crippen LogP contribution in [-0.4, -0.2) is 49.6 Å². The molecule has 0 radical (unpaired) electrons. The van der Waals surface area contributed by atoms with Gasteiger partial charge in [-0.2, -0.15) is 0 Å². The number of hydrogen-bond donors (Lipinski definition) is 0. The maximum absolute atomic E-state index is 12.9. The zero-order valence-electron chi connectivity index (χ0n) is 16.9. The quantitative estimate of drug-likeness (QED) is 0.535. The molecule has 1 amide bonds. The molecule has 29 heavy (non-hydrogen) atoms. The Morgan fingerprint density at radius 2 is 1.62 bits per heavy atom. The highest BCUT2D eigenvalue weighted by Gasteiger charge is 2.28. The van der Waals surface area contributed by atoms with Crippen molar-refractivity contribution in [1.82, 2.24) is 4.90 Å². The fourth-order valence-corrected chi connectivity index (χ4v) is 3.73. The molecule has 0 aromatic heterocycles. The number of esters is 1. The van der Waals surface area contributed by atoms with E-state index in [1.165, 1.54) is 24.8 Å². The smallest absolute Gasteiger partial charge is 0.330 e. The van der Waals surface area contributed by atoms with Gasteiger partial charge in [0.15, 0.2) is 0 Å². The van der Waals surface area contributed by atoms with E-state index < -0.39 is 5.97 Å². The van der Waals surface area contributed by atoms with E-state index in [1.807, 2.05) is 41.3 Å². The number of hydrogen-bond acceptors (Lipinski definition) is 4. The Balaban J connectivity index is 1.62. The lowest BCUT2D eigenvalue weighted by atomic mass is 10.0. The molecule has 2 aromatic carbocycles. The number of anilines is 1. The van der Waals surface area contributed by atoms with Crippen molar-refractivity contribution < 1.29 is 14.3 Å². The molecule has 0 spiro atoms. The molecule has 0 atom stereocenters.